The molecule has 1 aromatic rings. The molecule has 6 heteroatoms. The molecular weight excluding hydrogens is 278 g/mol. The van der Waals surface area contributed by atoms with Crippen molar-refractivity contribution in [1.29, 1.82) is 0 Å². The molecule has 0 aromatic heterocycles. The van der Waals surface area contributed by atoms with Crippen LogP contribution in [0.5, 0.6) is 0 Å². The van der Waals surface area contributed by atoms with Gasteiger partial charge in [0.15, 0.2) is 9.84 Å². The lowest BCUT2D eigenvalue weighted by molar-refractivity contribution is -0.142. The van der Waals surface area contributed by atoms with Gasteiger partial charge in [0.25, 0.3) is 0 Å². The van der Waals surface area contributed by atoms with Gasteiger partial charge in [-0.2, -0.15) is 0 Å². The Hall–Kier alpha value is -1.40. The van der Waals surface area contributed by atoms with Crippen molar-refractivity contribution in [2.45, 2.75) is 25.9 Å². The van der Waals surface area contributed by atoms with Crippen LogP contribution >= 0.6 is 0 Å². The van der Waals surface area contributed by atoms with E-state index in [9.17, 15) is 13.2 Å². The standard InChI is InChI=1S/C14H19NO4S/c1-9-4-5-10(2)11(6-9)12-7-20(17,18)8-13(15-12)14(16)19-3/h4-6,12-13,15H,7-8H2,1-3H3. The SMILES string of the molecule is COC(=O)C1CS(=O)(=O)CC(c2cc(C)ccc2C)N1. The summed E-state index contributed by atoms with van der Waals surface area (Å²) >= 11 is 0. The number of hydrogen-bond acceptors (Lipinski definition) is 5. The predicted molar refractivity (Wildman–Crippen MR) is 76.3 cm³/mol. The highest BCUT2D eigenvalue weighted by Gasteiger charge is 2.36. The Bertz CT molecular complexity index is 624. The number of nitrogens with one attached hydrogen (secondary N) is 1. The summed E-state index contributed by atoms with van der Waals surface area (Å²) < 4.78 is 28.7. The molecule has 2 unspecified atom stereocenters. The quantitative estimate of drug-likeness (QED) is 0.821. The molecule has 0 bridgehead atoms. The highest BCUT2D eigenvalue weighted by molar-refractivity contribution is 7.91. The minimum absolute atomic E-state index is 0.00475. The molecule has 1 aromatic carbocycles. The first-order valence-electron chi connectivity index (χ1n) is 6.44. The van der Waals surface area contributed by atoms with Crippen LogP contribution in [0.3, 0.4) is 0 Å². The fourth-order valence-corrected chi connectivity index (χ4v) is 4.17. The largest absolute Gasteiger partial charge is 0.468 e. The lowest BCUT2D eigenvalue weighted by Gasteiger charge is -2.30. The highest BCUT2D eigenvalue weighted by atomic mass is 32.2. The number of hydrogen-bond donors (Lipinski definition) is 1. The number of methoxy groups -OCH3 is 1. The van der Waals surface area contributed by atoms with Crippen LogP contribution in [0.25, 0.3) is 0 Å². The van der Waals surface area contributed by atoms with Crippen LogP contribution < -0.4 is 5.32 Å². The average molecular weight is 297 g/mol. The molecule has 20 heavy (non-hydrogen) atoms. The molecule has 1 heterocycles. The first-order valence-corrected chi connectivity index (χ1v) is 8.26. The molecule has 0 spiro atoms. The van der Waals surface area contributed by atoms with Gasteiger partial charge in [-0.05, 0) is 25.0 Å². The summed E-state index contributed by atoms with van der Waals surface area (Å²) in [7, 11) is -2.02. The van der Waals surface area contributed by atoms with Crippen LogP contribution in [-0.2, 0) is 19.4 Å². The van der Waals surface area contributed by atoms with Crippen LogP contribution in [0, 0.1) is 13.8 Å². The van der Waals surface area contributed by atoms with E-state index in [-0.39, 0.29) is 17.5 Å². The maximum absolute atomic E-state index is 12.0. The Morgan fingerprint density at radius 1 is 1.30 bits per heavy atom. The van der Waals surface area contributed by atoms with E-state index in [1.54, 1.807) is 0 Å². The molecular formula is C14H19NO4S. The zero-order chi connectivity index (χ0) is 14.9. The zero-order valence-corrected chi connectivity index (χ0v) is 12.7. The number of sulfone groups is 1. The molecule has 110 valence electrons. The molecule has 1 fully saturated rings. The summed E-state index contributed by atoms with van der Waals surface area (Å²) in [6, 6.07) is 4.72. The van der Waals surface area contributed by atoms with Gasteiger partial charge in [-0.3, -0.25) is 10.1 Å². The van der Waals surface area contributed by atoms with Crippen molar-refractivity contribution < 1.29 is 17.9 Å². The first kappa shape index (κ1) is 15.0. The molecule has 1 aliphatic heterocycles. The molecule has 0 radical (unpaired) electrons. The average Bonchev–Trinajstić information content (AvgIpc) is 2.38. The Labute approximate surface area is 119 Å². The van der Waals surface area contributed by atoms with Crippen molar-refractivity contribution in [1.82, 2.24) is 5.32 Å². The molecule has 2 rings (SSSR count). The van der Waals surface area contributed by atoms with Gasteiger partial charge in [0, 0.05) is 6.04 Å². The molecule has 5 nitrogen and oxygen atoms in total. The van der Waals surface area contributed by atoms with Crippen LogP contribution in [0.4, 0.5) is 0 Å². The summed E-state index contributed by atoms with van der Waals surface area (Å²) in [5.41, 5.74) is 2.99. The topological polar surface area (TPSA) is 72.5 Å². The van der Waals surface area contributed by atoms with Crippen LogP contribution in [0.1, 0.15) is 22.7 Å². The third kappa shape index (κ3) is 3.19. The van der Waals surface area contributed by atoms with Crippen molar-refractivity contribution in [3.63, 3.8) is 0 Å². The summed E-state index contributed by atoms with van der Waals surface area (Å²) in [5.74, 6) is -0.741. The number of benzene rings is 1. The van der Waals surface area contributed by atoms with Gasteiger partial charge in [-0.25, -0.2) is 8.42 Å². The number of aryl methyl sites for hydroxylation is 2. The van der Waals surface area contributed by atoms with Crippen LogP contribution in [0.2, 0.25) is 0 Å². The van der Waals surface area contributed by atoms with E-state index in [1.807, 2.05) is 32.0 Å². The van der Waals surface area contributed by atoms with Crippen LogP contribution in [-0.4, -0.2) is 39.0 Å². The Balaban J connectivity index is 2.36. The van der Waals surface area contributed by atoms with Gasteiger partial charge in [0.1, 0.15) is 6.04 Å². The predicted octanol–water partition coefficient (Wildman–Crippen LogP) is 0.904. The van der Waals surface area contributed by atoms with E-state index < -0.39 is 21.8 Å². The summed E-state index contributed by atoms with van der Waals surface area (Å²) in [6.45, 7) is 3.89. The second kappa shape index (κ2) is 5.54. The lowest BCUT2D eigenvalue weighted by Crippen LogP contribution is -2.51. The molecule has 1 N–H and O–H groups in total. The molecule has 1 aliphatic rings. The fraction of sp³-hybridized carbons (Fsp3) is 0.500. The van der Waals surface area contributed by atoms with Gasteiger partial charge in [0.05, 0.1) is 18.6 Å². The number of esters is 1. The van der Waals surface area contributed by atoms with Gasteiger partial charge < -0.3 is 4.74 Å². The van der Waals surface area contributed by atoms with Gasteiger partial charge in [-0.15, -0.1) is 0 Å². The number of rotatable bonds is 2. The summed E-state index contributed by atoms with van der Waals surface area (Å²) in [4.78, 5) is 11.6. The number of ether oxygens (including phenoxy) is 1. The Morgan fingerprint density at radius 3 is 2.65 bits per heavy atom. The second-order valence-corrected chi connectivity index (χ2v) is 7.39. The molecule has 0 aliphatic carbocycles. The molecule has 1 saturated heterocycles. The van der Waals surface area contributed by atoms with E-state index in [2.05, 4.69) is 10.1 Å². The number of carbonyl (C=O) groups excluding carboxylic acids is 1. The third-order valence-corrected chi connectivity index (χ3v) is 5.22. The van der Waals surface area contributed by atoms with Gasteiger partial charge >= 0.3 is 5.97 Å². The Morgan fingerprint density at radius 2 is 2.00 bits per heavy atom. The van der Waals surface area contributed by atoms with E-state index in [1.165, 1.54) is 7.11 Å². The zero-order valence-electron chi connectivity index (χ0n) is 11.8. The van der Waals surface area contributed by atoms with E-state index in [0.717, 1.165) is 16.7 Å². The van der Waals surface area contributed by atoms with Crippen molar-refractivity contribution in [3.05, 3.63) is 34.9 Å². The fourth-order valence-electron chi connectivity index (χ4n) is 2.51. The van der Waals surface area contributed by atoms with E-state index in [0.29, 0.717) is 0 Å². The monoisotopic (exact) mass is 297 g/mol. The third-order valence-electron chi connectivity index (χ3n) is 3.54. The number of carbonyl (C=O) groups is 1. The lowest BCUT2D eigenvalue weighted by atomic mass is 9.99. The maximum atomic E-state index is 12.0. The van der Waals surface area contributed by atoms with E-state index >= 15 is 0 Å². The van der Waals surface area contributed by atoms with Gasteiger partial charge in [0.2, 0.25) is 0 Å². The first-order chi connectivity index (χ1) is 9.32. The normalized spacial score (nSPS) is 25.1. The van der Waals surface area contributed by atoms with Gasteiger partial charge in [-0.1, -0.05) is 23.8 Å². The molecule has 0 amide bonds. The smallest absolute Gasteiger partial charge is 0.323 e. The van der Waals surface area contributed by atoms with Crippen molar-refractivity contribution >= 4 is 15.8 Å². The molecule has 0 saturated carbocycles. The minimum atomic E-state index is -3.28. The van der Waals surface area contributed by atoms with E-state index in [4.69, 9.17) is 0 Å². The van der Waals surface area contributed by atoms with Crippen molar-refractivity contribution in [3.8, 4) is 0 Å². The van der Waals surface area contributed by atoms with Crippen LogP contribution in [0.15, 0.2) is 18.2 Å². The second-order valence-electron chi connectivity index (χ2n) is 5.23. The van der Waals surface area contributed by atoms with Crippen molar-refractivity contribution in [2.24, 2.45) is 0 Å². The van der Waals surface area contributed by atoms with Crippen molar-refractivity contribution in [2.75, 3.05) is 18.6 Å². The maximum Gasteiger partial charge on any atom is 0.323 e. The highest BCUT2D eigenvalue weighted by Crippen LogP contribution is 2.25. The Kier molecular flexibility index (Phi) is 4.15. The summed E-state index contributed by atoms with van der Waals surface area (Å²) in [5, 5.41) is 3.09. The molecule has 2 atom stereocenters. The minimum Gasteiger partial charge on any atom is -0.468 e. The summed E-state index contributed by atoms with van der Waals surface area (Å²) in [6.07, 6.45) is 0.